The third kappa shape index (κ3) is 2.52. The van der Waals surface area contributed by atoms with E-state index in [1.54, 1.807) is 4.90 Å². The number of halogens is 3. The lowest BCUT2D eigenvalue weighted by Crippen LogP contribution is -2.38. The zero-order valence-electron chi connectivity index (χ0n) is 11.7. The summed E-state index contributed by atoms with van der Waals surface area (Å²) in [4.78, 5) is 14.3. The number of hydrogen-bond acceptors (Lipinski definition) is 2. The minimum absolute atomic E-state index is 0.125. The molecule has 21 heavy (non-hydrogen) atoms. The summed E-state index contributed by atoms with van der Waals surface area (Å²) >= 11 is 0. The molecular formula is C15H17F3N2O. The maximum Gasteiger partial charge on any atom is 0.416 e. The number of amides is 1. The van der Waals surface area contributed by atoms with E-state index in [2.05, 4.69) is 5.32 Å². The van der Waals surface area contributed by atoms with Gasteiger partial charge >= 0.3 is 6.18 Å². The smallest absolute Gasteiger partial charge is 0.335 e. The first-order chi connectivity index (χ1) is 9.88. The highest BCUT2D eigenvalue weighted by atomic mass is 19.4. The normalized spacial score (nSPS) is 28.8. The predicted molar refractivity (Wildman–Crippen MR) is 71.8 cm³/mol. The molecule has 3 unspecified atom stereocenters. The monoisotopic (exact) mass is 298 g/mol. The Hall–Kier alpha value is -1.56. The minimum Gasteiger partial charge on any atom is -0.335 e. The Morgan fingerprint density at radius 1 is 1.24 bits per heavy atom. The molecule has 114 valence electrons. The Balaban J connectivity index is 1.77. The van der Waals surface area contributed by atoms with E-state index in [0.717, 1.165) is 25.2 Å². The molecule has 0 radical (unpaired) electrons. The molecule has 2 heterocycles. The van der Waals surface area contributed by atoms with E-state index in [0.29, 0.717) is 23.9 Å². The van der Waals surface area contributed by atoms with Crippen molar-refractivity contribution >= 4 is 5.91 Å². The molecule has 2 aliphatic heterocycles. The number of rotatable bonds is 1. The number of alkyl halides is 3. The van der Waals surface area contributed by atoms with E-state index in [1.165, 1.54) is 12.1 Å². The predicted octanol–water partition coefficient (Wildman–Crippen LogP) is 2.39. The molecule has 6 heteroatoms. The quantitative estimate of drug-likeness (QED) is 0.863. The van der Waals surface area contributed by atoms with Crippen LogP contribution in [0, 0.1) is 11.8 Å². The number of likely N-dealkylation sites (tertiary alicyclic amines) is 1. The van der Waals surface area contributed by atoms with E-state index in [9.17, 15) is 18.0 Å². The molecule has 2 aliphatic rings. The van der Waals surface area contributed by atoms with Gasteiger partial charge in [-0.05, 0) is 43.0 Å². The van der Waals surface area contributed by atoms with Gasteiger partial charge in [0.05, 0.1) is 5.56 Å². The number of nitrogens with zero attached hydrogens (tertiary/aromatic N) is 1. The van der Waals surface area contributed by atoms with Crippen molar-refractivity contribution in [2.75, 3.05) is 19.6 Å². The van der Waals surface area contributed by atoms with Crippen LogP contribution in [-0.4, -0.2) is 36.5 Å². The van der Waals surface area contributed by atoms with Crippen molar-refractivity contribution in [2.24, 2.45) is 11.8 Å². The Bertz CT molecular complexity index is 541. The zero-order chi connectivity index (χ0) is 15.2. The highest BCUT2D eigenvalue weighted by Gasteiger charge is 2.43. The summed E-state index contributed by atoms with van der Waals surface area (Å²) in [7, 11) is 0. The molecule has 0 saturated carbocycles. The van der Waals surface area contributed by atoms with Crippen molar-refractivity contribution in [3.05, 3.63) is 35.4 Å². The molecule has 2 saturated heterocycles. The van der Waals surface area contributed by atoms with Gasteiger partial charge in [-0.2, -0.15) is 13.2 Å². The molecule has 1 N–H and O–H groups in total. The van der Waals surface area contributed by atoms with Crippen LogP contribution in [0.5, 0.6) is 0 Å². The van der Waals surface area contributed by atoms with Crippen LogP contribution in [0.1, 0.15) is 22.8 Å². The molecule has 0 spiro atoms. The molecule has 3 atom stereocenters. The van der Waals surface area contributed by atoms with E-state index < -0.39 is 11.7 Å². The lowest BCUT2D eigenvalue weighted by molar-refractivity contribution is -0.137. The van der Waals surface area contributed by atoms with Crippen molar-refractivity contribution < 1.29 is 18.0 Å². The standard InChI is InChI=1S/C15H17F3N2O/c1-9-13-7-19-6-11(13)8-20(9)14(21)10-2-4-12(5-3-10)15(16,17)18/h2-5,9,11,13,19H,6-8H2,1H3. The summed E-state index contributed by atoms with van der Waals surface area (Å²) in [5.74, 6) is 0.729. The lowest BCUT2D eigenvalue weighted by atomic mass is 9.95. The molecule has 0 bridgehead atoms. The SMILES string of the molecule is CC1C2CNCC2CN1C(=O)c1ccc(C(F)(F)F)cc1. The number of benzene rings is 1. The lowest BCUT2D eigenvalue weighted by Gasteiger charge is -2.24. The number of nitrogens with one attached hydrogen (secondary N) is 1. The van der Waals surface area contributed by atoms with Crippen LogP contribution in [0.25, 0.3) is 0 Å². The Morgan fingerprint density at radius 2 is 1.90 bits per heavy atom. The average Bonchev–Trinajstić information content (AvgIpc) is 3.01. The molecule has 3 nitrogen and oxygen atoms in total. The van der Waals surface area contributed by atoms with Crippen LogP contribution in [-0.2, 0) is 6.18 Å². The van der Waals surface area contributed by atoms with Gasteiger partial charge in [-0.25, -0.2) is 0 Å². The summed E-state index contributed by atoms with van der Waals surface area (Å²) < 4.78 is 37.6. The van der Waals surface area contributed by atoms with Crippen LogP contribution in [0.15, 0.2) is 24.3 Å². The highest BCUT2D eigenvalue weighted by molar-refractivity contribution is 5.94. The summed E-state index contributed by atoms with van der Waals surface area (Å²) in [5, 5.41) is 3.32. The zero-order valence-corrected chi connectivity index (χ0v) is 11.7. The van der Waals surface area contributed by atoms with Gasteiger partial charge in [-0.3, -0.25) is 4.79 Å². The van der Waals surface area contributed by atoms with E-state index in [1.807, 2.05) is 6.92 Å². The molecule has 0 aliphatic carbocycles. The maximum atomic E-state index is 12.5. The van der Waals surface area contributed by atoms with Gasteiger partial charge in [-0.15, -0.1) is 0 Å². The second-order valence-electron chi connectivity index (χ2n) is 5.86. The van der Waals surface area contributed by atoms with Crippen LogP contribution in [0.4, 0.5) is 13.2 Å². The summed E-state index contributed by atoms with van der Waals surface area (Å²) in [6.45, 7) is 4.51. The van der Waals surface area contributed by atoms with Gasteiger partial charge in [0.2, 0.25) is 0 Å². The largest absolute Gasteiger partial charge is 0.416 e. The third-order valence-corrected chi connectivity index (χ3v) is 4.65. The number of carbonyl (C=O) groups excluding carboxylic acids is 1. The third-order valence-electron chi connectivity index (χ3n) is 4.65. The van der Waals surface area contributed by atoms with Crippen molar-refractivity contribution in [1.29, 1.82) is 0 Å². The molecule has 0 aromatic heterocycles. The van der Waals surface area contributed by atoms with E-state index in [4.69, 9.17) is 0 Å². The van der Waals surface area contributed by atoms with Gasteiger partial charge in [-0.1, -0.05) is 0 Å². The van der Waals surface area contributed by atoms with Crippen molar-refractivity contribution in [2.45, 2.75) is 19.1 Å². The average molecular weight is 298 g/mol. The van der Waals surface area contributed by atoms with Gasteiger partial charge in [0.15, 0.2) is 0 Å². The fourth-order valence-electron chi connectivity index (χ4n) is 3.40. The second kappa shape index (κ2) is 5.02. The summed E-state index contributed by atoms with van der Waals surface area (Å²) in [6.07, 6.45) is -4.37. The topological polar surface area (TPSA) is 32.3 Å². The summed E-state index contributed by atoms with van der Waals surface area (Å²) in [5.41, 5.74) is -0.405. The van der Waals surface area contributed by atoms with E-state index in [-0.39, 0.29) is 11.9 Å². The van der Waals surface area contributed by atoms with Crippen LogP contribution >= 0.6 is 0 Å². The fraction of sp³-hybridized carbons (Fsp3) is 0.533. The fourth-order valence-corrected chi connectivity index (χ4v) is 3.40. The Morgan fingerprint density at radius 3 is 2.48 bits per heavy atom. The second-order valence-corrected chi connectivity index (χ2v) is 5.86. The molecule has 1 aromatic rings. The molecule has 2 fully saturated rings. The molecule has 3 rings (SSSR count). The first-order valence-corrected chi connectivity index (χ1v) is 7.07. The molecule has 1 amide bonds. The van der Waals surface area contributed by atoms with Gasteiger partial charge < -0.3 is 10.2 Å². The number of hydrogen-bond donors (Lipinski definition) is 1. The van der Waals surface area contributed by atoms with Crippen molar-refractivity contribution in [1.82, 2.24) is 10.2 Å². The van der Waals surface area contributed by atoms with Gasteiger partial charge in [0.1, 0.15) is 0 Å². The van der Waals surface area contributed by atoms with Crippen LogP contribution < -0.4 is 5.32 Å². The Kier molecular flexibility index (Phi) is 3.43. The van der Waals surface area contributed by atoms with Crippen molar-refractivity contribution in [3.8, 4) is 0 Å². The maximum absolute atomic E-state index is 12.5. The van der Waals surface area contributed by atoms with E-state index >= 15 is 0 Å². The van der Waals surface area contributed by atoms with Gasteiger partial charge in [0.25, 0.3) is 5.91 Å². The molecular weight excluding hydrogens is 281 g/mol. The number of fused-ring (bicyclic) bond motifs is 1. The highest BCUT2D eigenvalue weighted by Crippen LogP contribution is 2.34. The van der Waals surface area contributed by atoms with Crippen LogP contribution in [0.3, 0.4) is 0 Å². The summed E-state index contributed by atoms with van der Waals surface area (Å²) in [6, 6.07) is 4.60. The van der Waals surface area contributed by atoms with Gasteiger partial charge in [0, 0.05) is 31.2 Å². The van der Waals surface area contributed by atoms with Crippen LogP contribution in [0.2, 0.25) is 0 Å². The molecule has 1 aromatic carbocycles. The van der Waals surface area contributed by atoms with Crippen molar-refractivity contribution in [3.63, 3.8) is 0 Å². The Labute approximate surface area is 121 Å². The number of carbonyl (C=O) groups is 1. The minimum atomic E-state index is -4.37. The first kappa shape index (κ1) is 14.4. The first-order valence-electron chi connectivity index (χ1n) is 7.07.